The topological polar surface area (TPSA) is 103 Å². The van der Waals surface area contributed by atoms with Gasteiger partial charge in [-0.25, -0.2) is 0 Å². The molecule has 0 spiro atoms. The number of nitrogens with zero attached hydrogens (tertiary/aromatic N) is 1. The first kappa shape index (κ1) is 17.2. The summed E-state index contributed by atoms with van der Waals surface area (Å²) in [6.07, 6.45) is 0. The summed E-state index contributed by atoms with van der Waals surface area (Å²) >= 11 is 0. The van der Waals surface area contributed by atoms with Gasteiger partial charge in [-0.1, -0.05) is 0 Å². The standard InChI is InChI=1S/C13H20N2O6/c1-19-11-2-3-12(13(10-11)15(17)18)14-4-6-20-8-9-21-7-5-16/h2-3,10,14,16H,4-9H2,1H3. The van der Waals surface area contributed by atoms with Crippen LogP contribution in [0.15, 0.2) is 18.2 Å². The van der Waals surface area contributed by atoms with E-state index in [-0.39, 0.29) is 12.3 Å². The zero-order valence-electron chi connectivity index (χ0n) is 11.9. The van der Waals surface area contributed by atoms with Gasteiger partial charge in [-0.2, -0.15) is 0 Å². The minimum atomic E-state index is -0.464. The fourth-order valence-corrected chi connectivity index (χ4v) is 1.58. The Labute approximate surface area is 122 Å². The molecule has 0 amide bonds. The van der Waals surface area contributed by atoms with E-state index in [1.165, 1.54) is 13.2 Å². The van der Waals surface area contributed by atoms with E-state index in [1.807, 2.05) is 0 Å². The molecule has 8 nitrogen and oxygen atoms in total. The summed E-state index contributed by atoms with van der Waals surface area (Å²) in [4.78, 5) is 10.5. The number of hydrogen-bond donors (Lipinski definition) is 2. The highest BCUT2D eigenvalue weighted by Crippen LogP contribution is 2.28. The van der Waals surface area contributed by atoms with Crippen molar-refractivity contribution < 1.29 is 24.2 Å². The van der Waals surface area contributed by atoms with Crippen LogP contribution in [0.1, 0.15) is 0 Å². The van der Waals surface area contributed by atoms with Crippen LogP contribution in [0, 0.1) is 10.1 Å². The highest BCUT2D eigenvalue weighted by Gasteiger charge is 2.14. The highest BCUT2D eigenvalue weighted by atomic mass is 16.6. The lowest BCUT2D eigenvalue weighted by Gasteiger charge is -2.09. The van der Waals surface area contributed by atoms with Gasteiger partial charge >= 0.3 is 0 Å². The number of nitrogens with one attached hydrogen (secondary N) is 1. The number of benzene rings is 1. The van der Waals surface area contributed by atoms with Crippen LogP contribution in [0.5, 0.6) is 5.75 Å². The Hall–Kier alpha value is -1.90. The highest BCUT2D eigenvalue weighted by molar-refractivity contribution is 5.63. The summed E-state index contributed by atoms with van der Waals surface area (Å²) in [6.45, 7) is 1.93. The molecule has 1 rings (SSSR count). The van der Waals surface area contributed by atoms with Gasteiger partial charge in [-0.3, -0.25) is 10.1 Å². The molecule has 0 radical (unpaired) electrons. The predicted octanol–water partition coefficient (Wildman–Crippen LogP) is 1.04. The van der Waals surface area contributed by atoms with Crippen molar-refractivity contribution in [1.82, 2.24) is 0 Å². The van der Waals surface area contributed by atoms with Gasteiger partial charge in [-0.05, 0) is 12.1 Å². The number of aliphatic hydroxyl groups is 1. The average Bonchev–Trinajstić information content (AvgIpc) is 2.49. The van der Waals surface area contributed by atoms with Crippen molar-refractivity contribution in [2.45, 2.75) is 0 Å². The second kappa shape index (κ2) is 9.92. The van der Waals surface area contributed by atoms with E-state index in [0.717, 1.165) is 0 Å². The molecule has 0 atom stereocenters. The molecular formula is C13H20N2O6. The van der Waals surface area contributed by atoms with Crippen LogP contribution in [-0.2, 0) is 9.47 Å². The van der Waals surface area contributed by atoms with Crippen molar-refractivity contribution in [3.8, 4) is 5.75 Å². The molecule has 0 aliphatic heterocycles. The molecule has 0 unspecified atom stereocenters. The van der Waals surface area contributed by atoms with Crippen LogP contribution in [0.4, 0.5) is 11.4 Å². The molecular weight excluding hydrogens is 280 g/mol. The maximum absolute atomic E-state index is 11.0. The fourth-order valence-electron chi connectivity index (χ4n) is 1.58. The van der Waals surface area contributed by atoms with Crippen LogP contribution in [0.3, 0.4) is 0 Å². The minimum absolute atomic E-state index is 0.0112. The Morgan fingerprint density at radius 3 is 2.57 bits per heavy atom. The van der Waals surface area contributed by atoms with Crippen LogP contribution < -0.4 is 10.1 Å². The number of ether oxygens (including phenoxy) is 3. The molecule has 0 saturated carbocycles. The molecule has 0 aliphatic rings. The number of aliphatic hydroxyl groups excluding tert-OH is 1. The summed E-state index contributed by atoms with van der Waals surface area (Å²) in [6, 6.07) is 4.62. The molecule has 2 N–H and O–H groups in total. The number of nitro groups is 1. The van der Waals surface area contributed by atoms with Gasteiger partial charge in [0, 0.05) is 6.54 Å². The normalized spacial score (nSPS) is 10.4. The van der Waals surface area contributed by atoms with E-state index < -0.39 is 4.92 Å². The molecule has 0 saturated heterocycles. The molecule has 1 aromatic rings. The fraction of sp³-hybridized carbons (Fsp3) is 0.538. The van der Waals surface area contributed by atoms with Gasteiger partial charge in [-0.15, -0.1) is 0 Å². The monoisotopic (exact) mass is 300 g/mol. The predicted molar refractivity (Wildman–Crippen MR) is 76.9 cm³/mol. The van der Waals surface area contributed by atoms with Gasteiger partial charge in [0.25, 0.3) is 5.69 Å². The molecule has 0 aromatic heterocycles. The molecule has 118 valence electrons. The largest absolute Gasteiger partial charge is 0.496 e. The van der Waals surface area contributed by atoms with Crippen molar-refractivity contribution in [2.75, 3.05) is 52.0 Å². The van der Waals surface area contributed by atoms with Crippen molar-refractivity contribution in [1.29, 1.82) is 0 Å². The molecule has 1 aromatic carbocycles. The third-order valence-electron chi connectivity index (χ3n) is 2.57. The summed E-state index contributed by atoms with van der Waals surface area (Å²) in [5.74, 6) is 0.435. The van der Waals surface area contributed by atoms with Gasteiger partial charge in [0.15, 0.2) is 0 Å². The lowest BCUT2D eigenvalue weighted by molar-refractivity contribution is -0.384. The smallest absolute Gasteiger partial charge is 0.296 e. The van der Waals surface area contributed by atoms with Crippen molar-refractivity contribution in [2.24, 2.45) is 0 Å². The Bertz CT molecular complexity index is 441. The lowest BCUT2D eigenvalue weighted by Crippen LogP contribution is -2.14. The van der Waals surface area contributed by atoms with Gasteiger partial charge in [0.1, 0.15) is 11.4 Å². The van der Waals surface area contributed by atoms with Crippen LogP contribution >= 0.6 is 0 Å². The van der Waals surface area contributed by atoms with Crippen molar-refractivity contribution >= 4 is 11.4 Å². The first-order valence-electron chi connectivity index (χ1n) is 6.51. The van der Waals surface area contributed by atoms with Gasteiger partial charge in [0.05, 0.1) is 51.1 Å². The second-order valence-corrected chi connectivity index (χ2v) is 4.02. The summed E-state index contributed by atoms with van der Waals surface area (Å²) in [5, 5.41) is 22.4. The Balaban J connectivity index is 2.33. The SMILES string of the molecule is COc1ccc(NCCOCCOCCO)c([N+](=O)[O-])c1. The number of hydrogen-bond acceptors (Lipinski definition) is 7. The third kappa shape index (κ3) is 6.39. The second-order valence-electron chi connectivity index (χ2n) is 4.02. The number of nitro benzene ring substituents is 1. The molecule has 0 bridgehead atoms. The first-order valence-corrected chi connectivity index (χ1v) is 6.51. The zero-order chi connectivity index (χ0) is 15.5. The van der Waals surface area contributed by atoms with E-state index in [1.54, 1.807) is 12.1 Å². The third-order valence-corrected chi connectivity index (χ3v) is 2.57. The van der Waals surface area contributed by atoms with Crippen LogP contribution in [0.2, 0.25) is 0 Å². The Kier molecular flexibility index (Phi) is 8.10. The summed E-state index contributed by atoms with van der Waals surface area (Å²) in [5.41, 5.74) is 0.376. The molecule has 8 heteroatoms. The summed E-state index contributed by atoms with van der Waals surface area (Å²) < 4.78 is 15.3. The van der Waals surface area contributed by atoms with E-state index in [0.29, 0.717) is 44.4 Å². The summed E-state index contributed by atoms with van der Waals surface area (Å²) in [7, 11) is 1.46. The lowest BCUT2D eigenvalue weighted by atomic mass is 10.2. The minimum Gasteiger partial charge on any atom is -0.496 e. The average molecular weight is 300 g/mol. The van der Waals surface area contributed by atoms with Crippen molar-refractivity contribution in [3.05, 3.63) is 28.3 Å². The Morgan fingerprint density at radius 2 is 1.95 bits per heavy atom. The van der Waals surface area contributed by atoms with Crippen LogP contribution in [0.25, 0.3) is 0 Å². The molecule has 21 heavy (non-hydrogen) atoms. The van der Waals surface area contributed by atoms with Gasteiger partial charge in [0.2, 0.25) is 0 Å². The maximum Gasteiger partial charge on any atom is 0.296 e. The van der Waals surface area contributed by atoms with E-state index in [4.69, 9.17) is 19.3 Å². The first-order chi connectivity index (χ1) is 10.2. The molecule has 0 heterocycles. The zero-order valence-corrected chi connectivity index (χ0v) is 11.9. The number of anilines is 1. The van der Waals surface area contributed by atoms with E-state index in [9.17, 15) is 10.1 Å². The quantitative estimate of drug-likeness (QED) is 0.357. The van der Waals surface area contributed by atoms with E-state index in [2.05, 4.69) is 5.32 Å². The molecule has 0 fully saturated rings. The maximum atomic E-state index is 11.0. The Morgan fingerprint density at radius 1 is 1.24 bits per heavy atom. The van der Waals surface area contributed by atoms with Crippen LogP contribution in [-0.4, -0.2) is 56.7 Å². The number of methoxy groups -OCH3 is 1. The number of rotatable bonds is 11. The van der Waals surface area contributed by atoms with E-state index >= 15 is 0 Å². The van der Waals surface area contributed by atoms with Gasteiger partial charge < -0.3 is 24.6 Å². The van der Waals surface area contributed by atoms with Crippen molar-refractivity contribution in [3.63, 3.8) is 0 Å². The molecule has 0 aliphatic carbocycles.